The third-order valence-corrected chi connectivity index (χ3v) is 5.24. The van der Waals surface area contributed by atoms with E-state index in [1.807, 2.05) is 19.9 Å². The van der Waals surface area contributed by atoms with Gasteiger partial charge in [0.25, 0.3) is 5.91 Å². The molecule has 0 radical (unpaired) electrons. The molecule has 26 heavy (non-hydrogen) atoms. The topological polar surface area (TPSA) is 54.0 Å². The first-order chi connectivity index (χ1) is 12.4. The van der Waals surface area contributed by atoms with Crippen LogP contribution in [0, 0.1) is 19.7 Å². The lowest BCUT2D eigenvalue weighted by molar-refractivity contribution is 0.0926. The Labute approximate surface area is 158 Å². The van der Waals surface area contributed by atoms with Gasteiger partial charge in [-0.3, -0.25) is 4.79 Å². The van der Waals surface area contributed by atoms with Gasteiger partial charge in [0, 0.05) is 23.3 Å². The highest BCUT2D eigenvalue weighted by Crippen LogP contribution is 2.23. The number of aromatic nitrogens is 1. The van der Waals surface area contributed by atoms with Gasteiger partial charge >= 0.3 is 0 Å². The molecule has 6 heteroatoms. The molecular formula is C20H23ClFN3O. The van der Waals surface area contributed by atoms with E-state index in [1.54, 1.807) is 0 Å². The fourth-order valence-corrected chi connectivity index (χ4v) is 3.39. The Morgan fingerprint density at radius 2 is 1.81 bits per heavy atom. The van der Waals surface area contributed by atoms with Crippen molar-refractivity contribution in [3.8, 4) is 0 Å². The average molecular weight is 376 g/mol. The minimum Gasteiger partial charge on any atom is -0.367 e. The molecule has 0 unspecified atom stereocenters. The number of rotatable bonds is 4. The fourth-order valence-electron chi connectivity index (χ4n) is 3.21. The molecule has 4 nitrogen and oxygen atoms in total. The minimum absolute atomic E-state index is 0.0357. The molecule has 1 aromatic heterocycles. The zero-order chi connectivity index (χ0) is 18.7. The molecule has 1 fully saturated rings. The second-order valence-electron chi connectivity index (χ2n) is 6.89. The van der Waals surface area contributed by atoms with Gasteiger partial charge in [-0.2, -0.15) is 0 Å². The van der Waals surface area contributed by atoms with Crippen molar-refractivity contribution in [1.29, 1.82) is 0 Å². The normalized spacial score (nSPS) is 19.8. The lowest BCUT2D eigenvalue weighted by Crippen LogP contribution is -2.40. The number of nitrogens with one attached hydrogen (secondary N) is 2. The first-order valence-electron chi connectivity index (χ1n) is 8.89. The van der Waals surface area contributed by atoms with E-state index in [0.29, 0.717) is 11.6 Å². The number of pyridine rings is 1. The van der Waals surface area contributed by atoms with Gasteiger partial charge in [0.1, 0.15) is 11.6 Å². The Kier molecular flexibility index (Phi) is 5.77. The molecule has 1 aliphatic carbocycles. The van der Waals surface area contributed by atoms with Crippen molar-refractivity contribution in [2.45, 2.75) is 51.6 Å². The number of benzene rings is 1. The Hall–Kier alpha value is -2.14. The van der Waals surface area contributed by atoms with Gasteiger partial charge in [-0.25, -0.2) is 9.37 Å². The summed E-state index contributed by atoms with van der Waals surface area (Å²) in [4.78, 5) is 16.9. The zero-order valence-corrected chi connectivity index (χ0v) is 15.7. The van der Waals surface area contributed by atoms with Crippen LogP contribution in [0.5, 0.6) is 0 Å². The molecule has 1 amide bonds. The maximum atomic E-state index is 13.2. The molecule has 1 aliphatic rings. The number of amides is 1. The molecule has 3 rings (SSSR count). The van der Waals surface area contributed by atoms with Crippen LogP contribution in [-0.2, 0) is 0 Å². The quantitative estimate of drug-likeness (QED) is 0.818. The molecule has 0 atom stereocenters. The zero-order valence-electron chi connectivity index (χ0n) is 15.0. The summed E-state index contributed by atoms with van der Waals surface area (Å²) in [6, 6.07) is 8.60. The molecule has 0 bridgehead atoms. The molecule has 0 saturated heterocycles. The van der Waals surface area contributed by atoms with Crippen molar-refractivity contribution in [1.82, 2.24) is 10.3 Å². The van der Waals surface area contributed by atoms with Crippen molar-refractivity contribution in [3.05, 3.63) is 58.0 Å². The van der Waals surface area contributed by atoms with Crippen LogP contribution < -0.4 is 10.6 Å². The standard InChI is InChI=1S/C20H23ClFN3O/c1-12-3-10-19(23-13(12)2)24-15-5-7-16(8-6-15)25-20(26)14-4-9-18(22)17(21)11-14/h3-4,9-11,15-16H,5-8H2,1-2H3,(H,23,24)(H,25,26)/t15-,16+. The second kappa shape index (κ2) is 8.04. The van der Waals surface area contributed by atoms with E-state index in [4.69, 9.17) is 11.6 Å². The van der Waals surface area contributed by atoms with Crippen molar-refractivity contribution in [2.24, 2.45) is 0 Å². The lowest BCUT2D eigenvalue weighted by Gasteiger charge is -2.30. The van der Waals surface area contributed by atoms with Gasteiger partial charge in [-0.15, -0.1) is 0 Å². The van der Waals surface area contributed by atoms with Crippen molar-refractivity contribution in [3.63, 3.8) is 0 Å². The number of carbonyl (C=O) groups excluding carboxylic acids is 1. The number of aryl methyl sites for hydroxylation is 2. The van der Waals surface area contributed by atoms with Crippen LogP contribution in [0.25, 0.3) is 0 Å². The number of hydrogen-bond acceptors (Lipinski definition) is 3. The highest BCUT2D eigenvalue weighted by Gasteiger charge is 2.23. The predicted octanol–water partition coefficient (Wildman–Crippen LogP) is 4.64. The summed E-state index contributed by atoms with van der Waals surface area (Å²) in [5.74, 6) is 0.176. The van der Waals surface area contributed by atoms with E-state index in [-0.39, 0.29) is 17.0 Å². The van der Waals surface area contributed by atoms with E-state index in [2.05, 4.69) is 21.7 Å². The van der Waals surface area contributed by atoms with E-state index in [1.165, 1.54) is 23.8 Å². The molecule has 0 spiro atoms. The summed E-state index contributed by atoms with van der Waals surface area (Å²) in [6.45, 7) is 4.06. The summed E-state index contributed by atoms with van der Waals surface area (Å²) in [6.07, 6.45) is 3.71. The lowest BCUT2D eigenvalue weighted by atomic mass is 9.91. The summed E-state index contributed by atoms with van der Waals surface area (Å²) >= 11 is 5.75. The van der Waals surface area contributed by atoms with E-state index in [0.717, 1.165) is 37.2 Å². The van der Waals surface area contributed by atoms with Gasteiger partial charge in [0.2, 0.25) is 0 Å². The van der Waals surface area contributed by atoms with Crippen molar-refractivity contribution < 1.29 is 9.18 Å². The molecule has 2 N–H and O–H groups in total. The first-order valence-corrected chi connectivity index (χ1v) is 9.27. The van der Waals surface area contributed by atoms with Crippen LogP contribution in [0.4, 0.5) is 10.2 Å². The fraction of sp³-hybridized carbons (Fsp3) is 0.400. The summed E-state index contributed by atoms with van der Waals surface area (Å²) in [5.41, 5.74) is 2.60. The van der Waals surface area contributed by atoms with Crippen LogP contribution in [0.3, 0.4) is 0 Å². The third-order valence-electron chi connectivity index (χ3n) is 4.95. The number of nitrogens with zero attached hydrogens (tertiary/aromatic N) is 1. The number of carbonyl (C=O) groups is 1. The van der Waals surface area contributed by atoms with Gasteiger partial charge in [0.05, 0.1) is 5.02 Å². The number of halogens is 2. The van der Waals surface area contributed by atoms with Gasteiger partial charge in [-0.05, 0) is 69.4 Å². The Balaban J connectivity index is 1.51. The SMILES string of the molecule is Cc1ccc(N[C@H]2CC[C@@H](NC(=O)c3ccc(F)c(Cl)c3)CC2)nc1C. The van der Waals surface area contributed by atoms with Crippen LogP contribution in [0.2, 0.25) is 5.02 Å². The van der Waals surface area contributed by atoms with E-state index >= 15 is 0 Å². The molecule has 1 saturated carbocycles. The summed E-state index contributed by atoms with van der Waals surface area (Å²) in [7, 11) is 0. The molecule has 1 heterocycles. The predicted molar refractivity (Wildman–Crippen MR) is 102 cm³/mol. The maximum absolute atomic E-state index is 13.2. The van der Waals surface area contributed by atoms with Gasteiger partial charge in [0.15, 0.2) is 0 Å². The highest BCUT2D eigenvalue weighted by molar-refractivity contribution is 6.31. The molecule has 1 aromatic carbocycles. The Morgan fingerprint density at radius 1 is 1.12 bits per heavy atom. The Morgan fingerprint density at radius 3 is 2.46 bits per heavy atom. The van der Waals surface area contributed by atoms with Crippen molar-refractivity contribution in [2.75, 3.05) is 5.32 Å². The third kappa shape index (κ3) is 4.52. The van der Waals surface area contributed by atoms with E-state index < -0.39 is 5.82 Å². The first kappa shape index (κ1) is 18.6. The molecule has 0 aliphatic heterocycles. The smallest absolute Gasteiger partial charge is 0.251 e. The highest BCUT2D eigenvalue weighted by atomic mass is 35.5. The molecule has 138 valence electrons. The monoisotopic (exact) mass is 375 g/mol. The van der Waals surface area contributed by atoms with Gasteiger partial charge in [-0.1, -0.05) is 17.7 Å². The largest absolute Gasteiger partial charge is 0.367 e. The number of anilines is 1. The van der Waals surface area contributed by atoms with Gasteiger partial charge < -0.3 is 10.6 Å². The van der Waals surface area contributed by atoms with Crippen LogP contribution in [-0.4, -0.2) is 23.0 Å². The number of hydrogen-bond donors (Lipinski definition) is 2. The van der Waals surface area contributed by atoms with E-state index in [9.17, 15) is 9.18 Å². The van der Waals surface area contributed by atoms with Crippen LogP contribution in [0.1, 0.15) is 47.3 Å². The summed E-state index contributed by atoms with van der Waals surface area (Å²) in [5, 5.41) is 6.47. The summed E-state index contributed by atoms with van der Waals surface area (Å²) < 4.78 is 13.2. The second-order valence-corrected chi connectivity index (χ2v) is 7.30. The van der Waals surface area contributed by atoms with Crippen LogP contribution in [0.15, 0.2) is 30.3 Å². The van der Waals surface area contributed by atoms with Crippen LogP contribution >= 0.6 is 11.6 Å². The molecular weight excluding hydrogens is 353 g/mol. The average Bonchev–Trinajstić information content (AvgIpc) is 2.62. The van der Waals surface area contributed by atoms with Crippen molar-refractivity contribution >= 4 is 23.3 Å². The minimum atomic E-state index is -0.519. The maximum Gasteiger partial charge on any atom is 0.251 e. The molecule has 2 aromatic rings. The Bertz CT molecular complexity index is 804.